The summed E-state index contributed by atoms with van der Waals surface area (Å²) in [7, 11) is 1.46. The van der Waals surface area contributed by atoms with Crippen molar-refractivity contribution in [2.24, 2.45) is 5.10 Å². The van der Waals surface area contributed by atoms with Gasteiger partial charge in [-0.2, -0.15) is 5.10 Å². The summed E-state index contributed by atoms with van der Waals surface area (Å²) in [6.45, 7) is 0. The van der Waals surface area contributed by atoms with Crippen LogP contribution in [-0.2, 0) is 9.59 Å². The molecular formula is C13H12ClN3O4. The molecule has 0 atom stereocenters. The molecule has 8 heteroatoms. The largest absolute Gasteiger partial charge is 0.478 e. The summed E-state index contributed by atoms with van der Waals surface area (Å²) < 4.78 is 0. The number of nitrogens with zero attached hydrogens (tertiary/aromatic N) is 2. The van der Waals surface area contributed by atoms with Crippen molar-refractivity contribution in [1.82, 2.24) is 5.01 Å². The van der Waals surface area contributed by atoms with Crippen LogP contribution >= 0.6 is 11.6 Å². The Bertz CT molecular complexity index is 657. The lowest BCUT2D eigenvalue weighted by Gasteiger charge is -2.19. The predicted molar refractivity (Wildman–Crippen MR) is 76.5 cm³/mol. The van der Waals surface area contributed by atoms with E-state index >= 15 is 0 Å². The van der Waals surface area contributed by atoms with Crippen LogP contribution in [0.2, 0.25) is 5.02 Å². The molecule has 1 aromatic carbocycles. The first-order valence-electron chi connectivity index (χ1n) is 6.07. The van der Waals surface area contributed by atoms with Gasteiger partial charge in [0.1, 0.15) is 11.3 Å². The molecule has 2 rings (SSSR count). The first kappa shape index (κ1) is 15.0. The van der Waals surface area contributed by atoms with E-state index < -0.39 is 11.9 Å². The zero-order valence-electron chi connectivity index (χ0n) is 11.1. The first-order chi connectivity index (χ1) is 9.90. The number of rotatable bonds is 3. The Morgan fingerprint density at radius 2 is 2.10 bits per heavy atom. The van der Waals surface area contributed by atoms with Crippen molar-refractivity contribution in [1.29, 1.82) is 0 Å². The topological polar surface area (TPSA) is 99.1 Å². The van der Waals surface area contributed by atoms with E-state index in [0.29, 0.717) is 0 Å². The minimum Gasteiger partial charge on any atom is -0.478 e. The smallest absolute Gasteiger partial charge is 0.339 e. The second-order valence-corrected chi connectivity index (χ2v) is 4.79. The van der Waals surface area contributed by atoms with Crippen LogP contribution in [0.1, 0.15) is 23.2 Å². The number of carboxylic acids is 1. The van der Waals surface area contributed by atoms with Gasteiger partial charge in [-0.1, -0.05) is 17.7 Å². The minimum absolute atomic E-state index is 0.0261. The summed E-state index contributed by atoms with van der Waals surface area (Å²) >= 11 is 5.82. The highest BCUT2D eigenvalue weighted by Crippen LogP contribution is 2.24. The number of hydrogen-bond donors (Lipinski definition) is 2. The van der Waals surface area contributed by atoms with Crippen molar-refractivity contribution < 1.29 is 19.5 Å². The molecule has 1 aromatic rings. The van der Waals surface area contributed by atoms with Gasteiger partial charge in [-0.3, -0.25) is 9.59 Å². The van der Waals surface area contributed by atoms with E-state index in [1.807, 2.05) is 0 Å². The van der Waals surface area contributed by atoms with Crippen molar-refractivity contribution >= 4 is 40.8 Å². The molecule has 0 radical (unpaired) electrons. The SMILES string of the molecule is CN1N=C(C(=O)Nc2cccc(Cl)c2C(=O)O)CCC1=O. The van der Waals surface area contributed by atoms with E-state index in [4.69, 9.17) is 16.7 Å². The lowest BCUT2D eigenvalue weighted by molar-refractivity contribution is -0.130. The number of benzene rings is 1. The highest BCUT2D eigenvalue weighted by atomic mass is 35.5. The molecule has 7 nitrogen and oxygen atoms in total. The fourth-order valence-corrected chi connectivity index (χ4v) is 2.13. The van der Waals surface area contributed by atoms with Crippen LogP contribution in [0.25, 0.3) is 0 Å². The maximum Gasteiger partial charge on any atom is 0.339 e. The van der Waals surface area contributed by atoms with Gasteiger partial charge >= 0.3 is 5.97 Å². The van der Waals surface area contributed by atoms with E-state index in [0.717, 1.165) is 5.01 Å². The van der Waals surface area contributed by atoms with Gasteiger partial charge in [0.25, 0.3) is 5.91 Å². The Morgan fingerprint density at radius 1 is 1.38 bits per heavy atom. The maximum absolute atomic E-state index is 12.1. The van der Waals surface area contributed by atoms with E-state index in [2.05, 4.69) is 10.4 Å². The fourth-order valence-electron chi connectivity index (χ4n) is 1.87. The molecule has 0 spiro atoms. The Balaban J connectivity index is 2.25. The number of aromatic carboxylic acids is 1. The highest BCUT2D eigenvalue weighted by Gasteiger charge is 2.23. The normalized spacial score (nSPS) is 14.7. The summed E-state index contributed by atoms with van der Waals surface area (Å²) in [5.41, 5.74) is 0.0593. The van der Waals surface area contributed by atoms with Crippen molar-refractivity contribution in [2.75, 3.05) is 12.4 Å². The molecule has 2 N–H and O–H groups in total. The standard InChI is InChI=1S/C13H12ClN3O4/c1-17-10(18)6-5-9(16-17)12(19)15-8-4-2-3-7(14)11(8)13(20)21/h2-4H,5-6H2,1H3,(H,15,19)(H,20,21). The molecule has 1 aliphatic heterocycles. The molecule has 1 aliphatic rings. The van der Waals surface area contributed by atoms with Crippen LogP contribution in [0, 0.1) is 0 Å². The zero-order chi connectivity index (χ0) is 15.6. The van der Waals surface area contributed by atoms with E-state index in [1.54, 1.807) is 0 Å². The summed E-state index contributed by atoms with van der Waals surface area (Å²) in [6.07, 6.45) is 0.391. The number of nitrogens with one attached hydrogen (secondary N) is 1. The summed E-state index contributed by atoms with van der Waals surface area (Å²) in [5, 5.41) is 16.6. The number of hydrogen-bond acceptors (Lipinski definition) is 4. The third-order valence-corrected chi connectivity index (χ3v) is 3.26. The van der Waals surface area contributed by atoms with Crippen molar-refractivity contribution in [3.05, 3.63) is 28.8 Å². The molecule has 0 saturated heterocycles. The van der Waals surface area contributed by atoms with Gasteiger partial charge in [0.2, 0.25) is 5.91 Å². The molecule has 0 fully saturated rings. The molecule has 2 amide bonds. The van der Waals surface area contributed by atoms with Crippen molar-refractivity contribution in [3.63, 3.8) is 0 Å². The van der Waals surface area contributed by atoms with Gasteiger partial charge in [-0.25, -0.2) is 9.80 Å². The molecule has 0 saturated carbocycles. The van der Waals surface area contributed by atoms with E-state index in [9.17, 15) is 14.4 Å². The number of carbonyl (C=O) groups excluding carboxylic acids is 2. The second-order valence-electron chi connectivity index (χ2n) is 4.39. The van der Waals surface area contributed by atoms with Crippen LogP contribution in [0.3, 0.4) is 0 Å². The average Bonchev–Trinajstić information content (AvgIpc) is 2.41. The monoisotopic (exact) mass is 309 g/mol. The zero-order valence-corrected chi connectivity index (χ0v) is 11.8. The van der Waals surface area contributed by atoms with Crippen LogP contribution in [0.15, 0.2) is 23.3 Å². The lowest BCUT2D eigenvalue weighted by Crippen LogP contribution is -2.34. The van der Waals surface area contributed by atoms with Crippen LogP contribution in [0.4, 0.5) is 5.69 Å². The molecule has 0 aromatic heterocycles. The van der Waals surface area contributed by atoms with E-state index in [-0.39, 0.29) is 40.7 Å². The number of carbonyl (C=O) groups is 3. The van der Waals surface area contributed by atoms with Gasteiger partial charge in [-0.05, 0) is 12.1 Å². The Hall–Kier alpha value is -2.41. The summed E-state index contributed by atoms with van der Waals surface area (Å²) in [4.78, 5) is 34.6. The summed E-state index contributed by atoms with van der Waals surface area (Å²) in [5.74, 6) is -1.98. The lowest BCUT2D eigenvalue weighted by atomic mass is 10.1. The first-order valence-corrected chi connectivity index (χ1v) is 6.45. The molecule has 21 heavy (non-hydrogen) atoms. The second kappa shape index (κ2) is 5.92. The molecule has 110 valence electrons. The molecular weight excluding hydrogens is 298 g/mol. The molecule has 0 aliphatic carbocycles. The van der Waals surface area contributed by atoms with Gasteiger partial charge in [0.15, 0.2) is 0 Å². The van der Waals surface area contributed by atoms with Gasteiger partial charge in [0.05, 0.1) is 10.7 Å². The Morgan fingerprint density at radius 3 is 2.71 bits per heavy atom. The van der Waals surface area contributed by atoms with Gasteiger partial charge in [-0.15, -0.1) is 0 Å². The van der Waals surface area contributed by atoms with Crippen molar-refractivity contribution in [3.8, 4) is 0 Å². The molecule has 1 heterocycles. The van der Waals surface area contributed by atoms with Crippen LogP contribution in [-0.4, -0.2) is 40.7 Å². The number of halogens is 1. The third-order valence-electron chi connectivity index (χ3n) is 2.95. The minimum atomic E-state index is -1.24. The van der Waals surface area contributed by atoms with Crippen LogP contribution in [0.5, 0.6) is 0 Å². The Labute approximate surface area is 125 Å². The molecule has 0 unspecified atom stereocenters. The number of amides is 2. The third kappa shape index (κ3) is 3.19. The van der Waals surface area contributed by atoms with Gasteiger partial charge < -0.3 is 10.4 Å². The number of hydrazone groups is 1. The number of anilines is 1. The quantitative estimate of drug-likeness (QED) is 0.885. The maximum atomic E-state index is 12.1. The fraction of sp³-hybridized carbons (Fsp3) is 0.231. The van der Waals surface area contributed by atoms with Crippen LogP contribution < -0.4 is 5.32 Å². The Kier molecular flexibility index (Phi) is 4.23. The summed E-state index contributed by atoms with van der Waals surface area (Å²) in [6, 6.07) is 4.39. The number of carboxylic acid groups (broad SMARTS) is 1. The van der Waals surface area contributed by atoms with Crippen molar-refractivity contribution in [2.45, 2.75) is 12.8 Å². The predicted octanol–water partition coefficient (Wildman–Crippen LogP) is 1.58. The van der Waals surface area contributed by atoms with E-state index in [1.165, 1.54) is 25.2 Å². The molecule has 0 bridgehead atoms. The highest BCUT2D eigenvalue weighted by molar-refractivity contribution is 6.44. The van der Waals surface area contributed by atoms with Gasteiger partial charge in [0, 0.05) is 19.9 Å². The average molecular weight is 310 g/mol.